The van der Waals surface area contributed by atoms with E-state index in [2.05, 4.69) is 0 Å². The van der Waals surface area contributed by atoms with E-state index in [1.807, 2.05) is 0 Å². The van der Waals surface area contributed by atoms with E-state index in [0.29, 0.717) is 38.5 Å². The minimum absolute atomic E-state index is 0.0896. The van der Waals surface area contributed by atoms with Gasteiger partial charge in [0.15, 0.2) is 12.1 Å². The van der Waals surface area contributed by atoms with Gasteiger partial charge in [0.05, 0.1) is 11.7 Å². The Labute approximate surface area is 107 Å². The van der Waals surface area contributed by atoms with Gasteiger partial charge >= 0.3 is 0 Å². The second kappa shape index (κ2) is 4.89. The van der Waals surface area contributed by atoms with Crippen LogP contribution in [0.1, 0.15) is 52.4 Å². The van der Waals surface area contributed by atoms with E-state index in [-0.39, 0.29) is 11.9 Å². The molecule has 0 unspecified atom stereocenters. The van der Waals surface area contributed by atoms with Crippen LogP contribution in [-0.4, -0.2) is 39.8 Å². The number of aliphatic hydroxyl groups excluding tert-OH is 1. The minimum atomic E-state index is -1.27. The number of carbonyl (C=O) groups is 1. The van der Waals surface area contributed by atoms with E-state index >= 15 is 0 Å². The highest BCUT2D eigenvalue weighted by Crippen LogP contribution is 2.38. The van der Waals surface area contributed by atoms with E-state index in [0.717, 1.165) is 0 Å². The highest BCUT2D eigenvalue weighted by atomic mass is 16.8. The van der Waals surface area contributed by atoms with Crippen LogP contribution in [0.3, 0.4) is 0 Å². The molecule has 2 saturated heterocycles. The lowest BCUT2D eigenvalue weighted by Gasteiger charge is -2.44. The Kier molecular flexibility index (Phi) is 3.78. The van der Waals surface area contributed by atoms with Crippen LogP contribution in [0.2, 0.25) is 0 Å². The van der Waals surface area contributed by atoms with Crippen molar-refractivity contribution in [1.82, 2.24) is 0 Å². The predicted octanol–water partition coefficient (Wildman–Crippen LogP) is 1.11. The molecule has 0 aliphatic carbocycles. The molecule has 5 nitrogen and oxygen atoms in total. The summed E-state index contributed by atoms with van der Waals surface area (Å²) in [5.74, 6) is -1.36. The molecule has 0 radical (unpaired) electrons. The van der Waals surface area contributed by atoms with Gasteiger partial charge in [-0.05, 0) is 33.1 Å². The molecule has 18 heavy (non-hydrogen) atoms. The topological polar surface area (TPSA) is 76.0 Å². The number of hydrogen-bond acceptors (Lipinski definition) is 5. The second-order valence-corrected chi connectivity index (χ2v) is 5.94. The van der Waals surface area contributed by atoms with Gasteiger partial charge in [-0.1, -0.05) is 0 Å². The molecule has 0 aromatic heterocycles. The average Bonchev–Trinajstić information content (AvgIpc) is 2.21. The van der Waals surface area contributed by atoms with Crippen molar-refractivity contribution >= 4 is 5.78 Å². The number of rotatable bonds is 2. The Morgan fingerprint density at radius 3 is 2.72 bits per heavy atom. The molecule has 2 rings (SSSR count). The summed E-state index contributed by atoms with van der Waals surface area (Å²) in [5.41, 5.74) is -0.834. The molecule has 0 bridgehead atoms. The Hall–Kier alpha value is -0.490. The van der Waals surface area contributed by atoms with Crippen LogP contribution in [-0.2, 0) is 14.3 Å². The molecule has 2 fully saturated rings. The summed E-state index contributed by atoms with van der Waals surface area (Å²) in [7, 11) is 0. The average molecular weight is 258 g/mol. The van der Waals surface area contributed by atoms with E-state index in [4.69, 9.17) is 9.47 Å². The maximum absolute atomic E-state index is 12.0. The molecule has 0 aromatic rings. The molecule has 3 atom stereocenters. The van der Waals surface area contributed by atoms with Crippen LogP contribution in [0, 0.1) is 0 Å². The first-order valence-corrected chi connectivity index (χ1v) is 6.60. The standard InChI is InChI=1S/C13H22O5/c1-12(2,16)8-9-5-6-10(14)13(17-9)7-3-4-11(15)18-13/h9,11,15-16H,3-8H2,1-2H3/t9-,11-,13-/m1/s1. The van der Waals surface area contributed by atoms with Gasteiger partial charge in [0, 0.05) is 19.3 Å². The summed E-state index contributed by atoms with van der Waals surface area (Å²) < 4.78 is 11.2. The fourth-order valence-corrected chi connectivity index (χ4v) is 2.72. The highest BCUT2D eigenvalue weighted by molar-refractivity contribution is 5.86. The van der Waals surface area contributed by atoms with Gasteiger partial charge in [0.2, 0.25) is 5.79 Å². The molecule has 2 N–H and O–H groups in total. The highest BCUT2D eigenvalue weighted by Gasteiger charge is 2.49. The summed E-state index contributed by atoms with van der Waals surface area (Å²) in [6, 6.07) is 0. The van der Waals surface area contributed by atoms with Gasteiger partial charge in [0.25, 0.3) is 0 Å². The maximum Gasteiger partial charge on any atom is 0.231 e. The molecular formula is C13H22O5. The smallest absolute Gasteiger partial charge is 0.231 e. The van der Waals surface area contributed by atoms with Gasteiger partial charge in [-0.2, -0.15) is 0 Å². The van der Waals surface area contributed by atoms with Crippen LogP contribution in [0.4, 0.5) is 0 Å². The summed E-state index contributed by atoms with van der Waals surface area (Å²) in [6.45, 7) is 3.44. The second-order valence-electron chi connectivity index (χ2n) is 5.94. The first kappa shape index (κ1) is 13.9. The van der Waals surface area contributed by atoms with Crippen LogP contribution in [0.25, 0.3) is 0 Å². The zero-order valence-corrected chi connectivity index (χ0v) is 11.0. The first-order chi connectivity index (χ1) is 8.31. The van der Waals surface area contributed by atoms with Crippen molar-refractivity contribution in [3.63, 3.8) is 0 Å². The van der Waals surface area contributed by atoms with Crippen molar-refractivity contribution in [3.05, 3.63) is 0 Å². The number of Topliss-reactive ketones (excluding diaryl/α,β-unsaturated/α-hetero) is 1. The lowest BCUT2D eigenvalue weighted by Crippen LogP contribution is -2.55. The third-order valence-corrected chi connectivity index (χ3v) is 3.49. The zero-order chi connectivity index (χ0) is 13.4. The molecular weight excluding hydrogens is 236 g/mol. The van der Waals surface area contributed by atoms with Crippen LogP contribution < -0.4 is 0 Å². The summed E-state index contributed by atoms with van der Waals surface area (Å²) >= 11 is 0. The van der Waals surface area contributed by atoms with Crippen molar-refractivity contribution in [3.8, 4) is 0 Å². The Morgan fingerprint density at radius 1 is 1.39 bits per heavy atom. The van der Waals surface area contributed by atoms with Crippen LogP contribution >= 0.6 is 0 Å². The SMILES string of the molecule is CC(C)(O)C[C@H]1CCC(=O)[C@]2(CCC[C@H](O)O2)O1. The molecule has 1 spiro atoms. The Morgan fingerprint density at radius 2 is 2.11 bits per heavy atom. The van der Waals surface area contributed by atoms with Crippen molar-refractivity contribution in [2.24, 2.45) is 0 Å². The monoisotopic (exact) mass is 258 g/mol. The molecule has 0 saturated carbocycles. The largest absolute Gasteiger partial charge is 0.390 e. The number of carbonyl (C=O) groups excluding carboxylic acids is 1. The number of ketones is 1. The van der Waals surface area contributed by atoms with Gasteiger partial charge in [0.1, 0.15) is 0 Å². The fourth-order valence-electron chi connectivity index (χ4n) is 2.72. The fraction of sp³-hybridized carbons (Fsp3) is 0.923. The third-order valence-electron chi connectivity index (χ3n) is 3.49. The van der Waals surface area contributed by atoms with Crippen molar-refractivity contribution in [1.29, 1.82) is 0 Å². The lowest BCUT2D eigenvalue weighted by atomic mass is 9.89. The lowest BCUT2D eigenvalue weighted by molar-refractivity contribution is -0.325. The van der Waals surface area contributed by atoms with Gasteiger partial charge in [-0.15, -0.1) is 0 Å². The van der Waals surface area contributed by atoms with Crippen LogP contribution in [0.15, 0.2) is 0 Å². The van der Waals surface area contributed by atoms with Gasteiger partial charge < -0.3 is 19.7 Å². The zero-order valence-electron chi connectivity index (χ0n) is 11.0. The molecule has 104 valence electrons. The predicted molar refractivity (Wildman–Crippen MR) is 63.7 cm³/mol. The summed E-state index contributed by atoms with van der Waals surface area (Å²) in [5, 5.41) is 19.4. The quantitative estimate of drug-likeness (QED) is 0.776. The third kappa shape index (κ3) is 3.09. The molecule has 0 amide bonds. The van der Waals surface area contributed by atoms with Crippen molar-refractivity contribution in [2.75, 3.05) is 0 Å². The number of hydrogen-bond donors (Lipinski definition) is 2. The summed E-state index contributed by atoms with van der Waals surface area (Å²) in [6.07, 6.45) is 2.05. The molecule has 5 heteroatoms. The van der Waals surface area contributed by atoms with Crippen molar-refractivity contribution < 1.29 is 24.5 Å². The minimum Gasteiger partial charge on any atom is -0.390 e. The molecule has 2 aliphatic rings. The van der Waals surface area contributed by atoms with E-state index in [1.165, 1.54) is 0 Å². The number of aliphatic hydroxyl groups is 2. The van der Waals surface area contributed by atoms with Crippen LogP contribution in [0.5, 0.6) is 0 Å². The molecule has 2 aliphatic heterocycles. The summed E-state index contributed by atoms with van der Waals surface area (Å²) in [4.78, 5) is 12.0. The Bertz CT molecular complexity index is 322. The van der Waals surface area contributed by atoms with E-state index < -0.39 is 17.7 Å². The van der Waals surface area contributed by atoms with E-state index in [1.54, 1.807) is 13.8 Å². The molecule has 0 aromatic carbocycles. The maximum atomic E-state index is 12.0. The van der Waals surface area contributed by atoms with Gasteiger partial charge in [-0.25, -0.2) is 0 Å². The van der Waals surface area contributed by atoms with E-state index in [9.17, 15) is 15.0 Å². The molecule has 2 heterocycles. The normalized spacial score (nSPS) is 38.1. The first-order valence-electron chi connectivity index (χ1n) is 6.60. The number of ether oxygens (including phenoxy) is 2. The van der Waals surface area contributed by atoms with Crippen molar-refractivity contribution in [2.45, 2.75) is 76.2 Å². The van der Waals surface area contributed by atoms with Gasteiger partial charge in [-0.3, -0.25) is 4.79 Å². The Balaban J connectivity index is 2.07.